The van der Waals surface area contributed by atoms with E-state index in [1.54, 1.807) is 0 Å². The minimum Gasteiger partial charge on any atom is -0.438 e. The standard InChI is InChI=1S/C25H39N5O4S2/c1-18(2)10-11-20(31)22-30(28-24(34-22)36-16-14-29(3)4)23(33)27-25(12-6-5-7-13-25)26-21(32)17-19-9-8-15-35-19/h8-9,15,18,22H,5-7,10-14,16-17H2,1-4H3,(H,26,32)(H,27,33). The van der Waals surface area contributed by atoms with Crippen LogP contribution in [0.5, 0.6) is 0 Å². The van der Waals surface area contributed by atoms with E-state index in [1.165, 1.54) is 23.1 Å². The third kappa shape index (κ3) is 8.48. The molecule has 200 valence electrons. The van der Waals surface area contributed by atoms with Crippen LogP contribution in [0.15, 0.2) is 22.6 Å². The number of hydrogen-bond acceptors (Lipinski definition) is 8. The maximum Gasteiger partial charge on any atom is 0.343 e. The molecule has 0 bridgehead atoms. The Labute approximate surface area is 222 Å². The molecule has 1 fully saturated rings. The highest BCUT2D eigenvalue weighted by molar-refractivity contribution is 8.13. The third-order valence-corrected chi connectivity index (χ3v) is 7.87. The number of rotatable bonds is 11. The lowest BCUT2D eigenvalue weighted by Gasteiger charge is -2.39. The quantitative estimate of drug-likeness (QED) is 0.414. The van der Waals surface area contributed by atoms with Crippen molar-refractivity contribution in [2.24, 2.45) is 11.0 Å². The average Bonchev–Trinajstić information content (AvgIpc) is 3.47. The molecule has 11 heteroatoms. The highest BCUT2D eigenvalue weighted by atomic mass is 32.2. The van der Waals surface area contributed by atoms with Crippen molar-refractivity contribution >= 4 is 46.0 Å². The molecule has 0 saturated heterocycles. The number of nitrogens with one attached hydrogen (secondary N) is 2. The van der Waals surface area contributed by atoms with Crippen LogP contribution in [0.1, 0.15) is 63.7 Å². The van der Waals surface area contributed by atoms with E-state index < -0.39 is 17.9 Å². The van der Waals surface area contributed by atoms with Gasteiger partial charge in [0.05, 0.1) is 6.42 Å². The average molecular weight is 538 g/mol. The Morgan fingerprint density at radius 3 is 2.64 bits per heavy atom. The molecular weight excluding hydrogens is 498 g/mol. The Morgan fingerprint density at radius 2 is 2.00 bits per heavy atom. The van der Waals surface area contributed by atoms with E-state index in [-0.39, 0.29) is 18.1 Å². The van der Waals surface area contributed by atoms with Gasteiger partial charge in [0.25, 0.3) is 11.5 Å². The van der Waals surface area contributed by atoms with Crippen molar-refractivity contribution in [1.29, 1.82) is 0 Å². The number of carbonyl (C=O) groups excluding carboxylic acids is 3. The van der Waals surface area contributed by atoms with E-state index in [0.29, 0.717) is 36.8 Å². The minimum absolute atomic E-state index is 0.134. The molecular formula is C25H39N5O4S2. The first-order valence-electron chi connectivity index (χ1n) is 12.7. The molecule has 1 unspecified atom stereocenters. The normalized spacial score (nSPS) is 19.2. The Kier molecular flexibility index (Phi) is 10.6. The van der Waals surface area contributed by atoms with Crippen LogP contribution in [0.25, 0.3) is 0 Å². The summed E-state index contributed by atoms with van der Waals surface area (Å²) in [5.41, 5.74) is -0.869. The Bertz CT molecular complexity index is 914. The minimum atomic E-state index is -1.09. The van der Waals surface area contributed by atoms with Crippen molar-refractivity contribution in [2.45, 2.75) is 77.1 Å². The molecule has 1 aromatic rings. The summed E-state index contributed by atoms with van der Waals surface area (Å²) >= 11 is 2.91. The molecule has 1 saturated carbocycles. The molecule has 1 aliphatic carbocycles. The first-order valence-corrected chi connectivity index (χ1v) is 14.5. The zero-order valence-corrected chi connectivity index (χ0v) is 23.4. The van der Waals surface area contributed by atoms with E-state index in [9.17, 15) is 14.4 Å². The van der Waals surface area contributed by atoms with E-state index in [1.807, 2.05) is 36.5 Å². The van der Waals surface area contributed by atoms with E-state index >= 15 is 0 Å². The van der Waals surface area contributed by atoms with Crippen molar-refractivity contribution < 1.29 is 19.1 Å². The van der Waals surface area contributed by atoms with Crippen molar-refractivity contribution in [3.8, 4) is 0 Å². The lowest BCUT2D eigenvalue weighted by atomic mass is 9.88. The van der Waals surface area contributed by atoms with Gasteiger partial charge in [0.1, 0.15) is 5.66 Å². The SMILES string of the molecule is CC(C)CCC(=O)C1OC(SCCN(C)C)=NN1C(=O)NC1(NC(=O)Cc2cccs2)CCCCC1. The molecule has 2 N–H and O–H groups in total. The van der Waals surface area contributed by atoms with E-state index in [0.717, 1.165) is 41.4 Å². The second-order valence-corrected chi connectivity index (χ2v) is 12.2. The first-order chi connectivity index (χ1) is 17.2. The summed E-state index contributed by atoms with van der Waals surface area (Å²) in [6, 6.07) is 3.32. The van der Waals surface area contributed by atoms with Crippen LogP contribution < -0.4 is 10.6 Å². The van der Waals surface area contributed by atoms with Crippen LogP contribution in [0.2, 0.25) is 0 Å². The smallest absolute Gasteiger partial charge is 0.343 e. The number of carbonyl (C=O) groups is 3. The van der Waals surface area contributed by atoms with Crippen molar-refractivity contribution in [3.05, 3.63) is 22.4 Å². The molecule has 2 heterocycles. The lowest BCUT2D eigenvalue weighted by Crippen LogP contribution is -2.64. The molecule has 36 heavy (non-hydrogen) atoms. The Morgan fingerprint density at radius 1 is 1.25 bits per heavy atom. The Hall–Kier alpha value is -2.11. The van der Waals surface area contributed by atoms with Crippen LogP contribution in [0, 0.1) is 5.92 Å². The van der Waals surface area contributed by atoms with Gasteiger partial charge in [-0.15, -0.1) is 16.4 Å². The Balaban J connectivity index is 1.72. The number of thiophene rings is 1. The third-order valence-electron chi connectivity index (χ3n) is 6.19. The van der Waals surface area contributed by atoms with Gasteiger partial charge in [-0.3, -0.25) is 9.59 Å². The van der Waals surface area contributed by atoms with Crippen LogP contribution in [0.4, 0.5) is 4.79 Å². The van der Waals surface area contributed by atoms with E-state index in [4.69, 9.17) is 4.74 Å². The van der Waals surface area contributed by atoms with E-state index in [2.05, 4.69) is 29.6 Å². The molecule has 3 rings (SSSR count). The van der Waals surface area contributed by atoms with Gasteiger partial charge in [-0.1, -0.05) is 38.1 Å². The molecule has 9 nitrogen and oxygen atoms in total. The molecule has 0 aromatic carbocycles. The predicted molar refractivity (Wildman–Crippen MR) is 145 cm³/mol. The number of ketones is 1. The predicted octanol–water partition coefficient (Wildman–Crippen LogP) is 4.01. The summed E-state index contributed by atoms with van der Waals surface area (Å²) in [5, 5.41) is 13.9. The number of amides is 3. The second kappa shape index (κ2) is 13.4. The molecule has 2 aliphatic rings. The summed E-state index contributed by atoms with van der Waals surface area (Å²) < 4.78 is 5.87. The van der Waals surface area contributed by atoms with Gasteiger partial charge in [0.15, 0.2) is 5.78 Å². The van der Waals surface area contributed by atoms with Gasteiger partial charge in [-0.25, -0.2) is 4.79 Å². The fourth-order valence-electron chi connectivity index (χ4n) is 4.18. The van der Waals surface area contributed by atoms with Gasteiger partial charge in [-0.2, -0.15) is 5.01 Å². The van der Waals surface area contributed by atoms with Crippen molar-refractivity contribution in [1.82, 2.24) is 20.5 Å². The topological polar surface area (TPSA) is 103 Å². The van der Waals surface area contributed by atoms with Crippen molar-refractivity contribution in [3.63, 3.8) is 0 Å². The number of hydrogen-bond donors (Lipinski definition) is 2. The number of nitrogens with zero attached hydrogens (tertiary/aromatic N) is 3. The van der Waals surface area contributed by atoms with Crippen LogP contribution in [0.3, 0.4) is 0 Å². The maximum atomic E-state index is 13.5. The highest BCUT2D eigenvalue weighted by Gasteiger charge is 2.42. The van der Waals surface area contributed by atoms with Crippen LogP contribution >= 0.6 is 23.1 Å². The van der Waals surface area contributed by atoms with Crippen LogP contribution in [-0.4, -0.2) is 71.1 Å². The molecule has 0 radical (unpaired) electrons. The summed E-state index contributed by atoms with van der Waals surface area (Å²) in [4.78, 5) is 42.4. The molecule has 3 amide bonds. The van der Waals surface area contributed by atoms with Gasteiger partial charge >= 0.3 is 6.03 Å². The summed E-state index contributed by atoms with van der Waals surface area (Å²) in [6.45, 7) is 4.92. The van der Waals surface area contributed by atoms with Gasteiger partial charge < -0.3 is 20.3 Å². The molecule has 1 aliphatic heterocycles. The second-order valence-electron chi connectivity index (χ2n) is 10.1. The highest BCUT2D eigenvalue weighted by Crippen LogP contribution is 2.28. The summed E-state index contributed by atoms with van der Waals surface area (Å²) in [5.74, 6) is 0.767. The zero-order chi connectivity index (χ0) is 26.1. The summed E-state index contributed by atoms with van der Waals surface area (Å²) in [7, 11) is 3.96. The van der Waals surface area contributed by atoms with Crippen molar-refractivity contribution in [2.75, 3.05) is 26.4 Å². The summed E-state index contributed by atoms with van der Waals surface area (Å²) in [6.07, 6.45) is 4.28. The fraction of sp³-hybridized carbons (Fsp3) is 0.680. The number of ether oxygens (including phenoxy) is 1. The first kappa shape index (κ1) is 28.5. The molecule has 0 spiro atoms. The largest absolute Gasteiger partial charge is 0.438 e. The maximum absolute atomic E-state index is 13.5. The molecule has 1 aromatic heterocycles. The zero-order valence-electron chi connectivity index (χ0n) is 21.7. The fourth-order valence-corrected chi connectivity index (χ4v) is 5.82. The monoisotopic (exact) mass is 537 g/mol. The number of hydrazone groups is 1. The van der Waals surface area contributed by atoms with Gasteiger partial charge in [0.2, 0.25) is 5.91 Å². The number of Topliss-reactive ketones (excluding diaryl/α,β-unsaturated/α-hetero) is 1. The lowest BCUT2D eigenvalue weighted by molar-refractivity contribution is -0.131. The molecule has 1 atom stereocenters. The van der Waals surface area contributed by atoms with Crippen LogP contribution in [-0.2, 0) is 20.7 Å². The number of urea groups is 1. The number of thioether (sulfide) groups is 1. The van der Waals surface area contributed by atoms with Gasteiger partial charge in [0, 0.05) is 23.6 Å². The van der Waals surface area contributed by atoms with Gasteiger partial charge in [-0.05, 0) is 63.6 Å².